The topological polar surface area (TPSA) is 76.2 Å². The van der Waals surface area contributed by atoms with Gasteiger partial charge >= 0.3 is 0 Å². The van der Waals surface area contributed by atoms with Gasteiger partial charge in [0.25, 0.3) is 5.91 Å². The van der Waals surface area contributed by atoms with Crippen LogP contribution in [0.4, 0.5) is 5.69 Å². The summed E-state index contributed by atoms with van der Waals surface area (Å²) >= 11 is 6.43. The highest BCUT2D eigenvalue weighted by Crippen LogP contribution is 2.34. The SMILES string of the molecule is CCOc1cc(C(=O)Nc2ccc(Cl)c(-c3nc4ccccc4[nH]3)c2)cc(C)c1OCC. The molecule has 3 aromatic carbocycles. The second kappa shape index (κ2) is 9.32. The number of rotatable bonds is 7. The predicted octanol–water partition coefficient (Wildman–Crippen LogP) is 6.24. The second-order valence-corrected chi connectivity index (χ2v) is 7.64. The minimum atomic E-state index is -0.255. The maximum atomic E-state index is 13.0. The van der Waals surface area contributed by atoms with Crippen LogP contribution in [0.5, 0.6) is 11.5 Å². The van der Waals surface area contributed by atoms with E-state index in [9.17, 15) is 4.79 Å². The molecule has 4 rings (SSSR count). The number of carbonyl (C=O) groups excluding carboxylic acids is 1. The molecular weight excluding hydrogens is 426 g/mol. The van der Waals surface area contributed by atoms with E-state index in [0.717, 1.165) is 16.6 Å². The summed E-state index contributed by atoms with van der Waals surface area (Å²) in [4.78, 5) is 20.9. The molecule has 0 radical (unpaired) electrons. The Hall–Kier alpha value is -3.51. The van der Waals surface area contributed by atoms with Crippen molar-refractivity contribution in [3.8, 4) is 22.9 Å². The van der Waals surface area contributed by atoms with E-state index in [1.807, 2.05) is 51.1 Å². The number of H-pyrrole nitrogens is 1. The van der Waals surface area contributed by atoms with E-state index in [4.69, 9.17) is 21.1 Å². The van der Waals surface area contributed by atoms with E-state index in [2.05, 4.69) is 15.3 Å². The lowest BCUT2D eigenvalue weighted by Gasteiger charge is -2.15. The number of hydrogen-bond acceptors (Lipinski definition) is 4. The van der Waals surface area contributed by atoms with Gasteiger partial charge < -0.3 is 19.8 Å². The van der Waals surface area contributed by atoms with Gasteiger partial charge in [0.2, 0.25) is 0 Å². The van der Waals surface area contributed by atoms with Crippen molar-refractivity contribution < 1.29 is 14.3 Å². The van der Waals surface area contributed by atoms with Gasteiger partial charge in [-0.3, -0.25) is 4.79 Å². The maximum absolute atomic E-state index is 13.0. The standard InChI is InChI=1S/C25H24ClN3O3/c1-4-31-22-13-16(12-15(3)23(22)32-5-2)25(30)27-17-10-11-19(26)18(14-17)24-28-20-8-6-7-9-21(20)29-24/h6-14H,4-5H2,1-3H3,(H,27,30)(H,28,29). The molecule has 0 saturated carbocycles. The lowest BCUT2D eigenvalue weighted by Crippen LogP contribution is -2.13. The van der Waals surface area contributed by atoms with Gasteiger partial charge in [-0.25, -0.2) is 4.98 Å². The molecule has 32 heavy (non-hydrogen) atoms. The first-order valence-corrected chi connectivity index (χ1v) is 10.8. The molecule has 0 aliphatic rings. The summed E-state index contributed by atoms with van der Waals surface area (Å²) in [5, 5.41) is 3.48. The zero-order valence-electron chi connectivity index (χ0n) is 18.2. The normalized spacial score (nSPS) is 10.9. The third kappa shape index (κ3) is 4.41. The molecule has 2 N–H and O–H groups in total. The van der Waals surface area contributed by atoms with Gasteiger partial charge in [0.1, 0.15) is 5.82 Å². The van der Waals surface area contributed by atoms with Crippen molar-refractivity contribution in [1.82, 2.24) is 9.97 Å². The molecule has 0 bridgehead atoms. The Morgan fingerprint density at radius 1 is 1.06 bits per heavy atom. The van der Waals surface area contributed by atoms with Crippen LogP contribution in [0.3, 0.4) is 0 Å². The number of anilines is 1. The van der Waals surface area contributed by atoms with E-state index in [0.29, 0.717) is 52.4 Å². The highest BCUT2D eigenvalue weighted by molar-refractivity contribution is 6.33. The van der Waals surface area contributed by atoms with Crippen molar-refractivity contribution in [3.05, 3.63) is 70.7 Å². The molecule has 0 atom stereocenters. The van der Waals surface area contributed by atoms with Crippen LogP contribution in [0, 0.1) is 6.92 Å². The molecule has 0 aliphatic carbocycles. The Bertz CT molecular complexity index is 1250. The van der Waals surface area contributed by atoms with Crippen molar-refractivity contribution in [1.29, 1.82) is 0 Å². The van der Waals surface area contributed by atoms with Crippen LogP contribution < -0.4 is 14.8 Å². The number of imidazole rings is 1. The summed E-state index contributed by atoms with van der Waals surface area (Å²) in [6.07, 6.45) is 0. The van der Waals surface area contributed by atoms with Crippen molar-refractivity contribution in [3.63, 3.8) is 0 Å². The summed E-state index contributed by atoms with van der Waals surface area (Å²) in [6.45, 7) is 6.69. The van der Waals surface area contributed by atoms with Crippen molar-refractivity contribution in [2.75, 3.05) is 18.5 Å². The number of para-hydroxylation sites is 2. The first kappa shape index (κ1) is 21.7. The number of ether oxygens (including phenoxy) is 2. The molecule has 0 spiro atoms. The monoisotopic (exact) mass is 449 g/mol. The van der Waals surface area contributed by atoms with E-state index in [1.165, 1.54) is 0 Å². The third-order valence-electron chi connectivity index (χ3n) is 4.96. The molecular formula is C25H24ClN3O3. The molecule has 1 aromatic heterocycles. The molecule has 0 fully saturated rings. The average molecular weight is 450 g/mol. The van der Waals surface area contributed by atoms with Gasteiger partial charge in [-0.15, -0.1) is 0 Å². The van der Waals surface area contributed by atoms with Crippen LogP contribution in [0.15, 0.2) is 54.6 Å². The Morgan fingerprint density at radius 2 is 1.84 bits per heavy atom. The number of carbonyl (C=O) groups is 1. The quantitative estimate of drug-likeness (QED) is 0.350. The number of benzene rings is 3. The number of halogens is 1. The zero-order chi connectivity index (χ0) is 22.7. The van der Waals surface area contributed by atoms with Gasteiger partial charge in [0, 0.05) is 16.8 Å². The van der Waals surface area contributed by atoms with Gasteiger partial charge in [0.15, 0.2) is 11.5 Å². The number of fused-ring (bicyclic) bond motifs is 1. The molecule has 4 aromatic rings. The van der Waals surface area contributed by atoms with Crippen molar-refractivity contribution >= 4 is 34.2 Å². The Kier molecular flexibility index (Phi) is 6.32. The molecule has 7 heteroatoms. The lowest BCUT2D eigenvalue weighted by atomic mass is 10.1. The third-order valence-corrected chi connectivity index (χ3v) is 5.29. The summed E-state index contributed by atoms with van der Waals surface area (Å²) in [7, 11) is 0. The van der Waals surface area contributed by atoms with Gasteiger partial charge in [-0.2, -0.15) is 0 Å². The van der Waals surface area contributed by atoms with Crippen LogP contribution in [0.1, 0.15) is 29.8 Å². The van der Waals surface area contributed by atoms with Gasteiger partial charge in [-0.1, -0.05) is 23.7 Å². The lowest BCUT2D eigenvalue weighted by molar-refractivity contribution is 0.102. The molecule has 1 heterocycles. The molecule has 0 unspecified atom stereocenters. The van der Waals surface area contributed by atoms with Gasteiger partial charge in [-0.05, 0) is 68.8 Å². The minimum Gasteiger partial charge on any atom is -0.490 e. The van der Waals surface area contributed by atoms with Crippen LogP contribution in [-0.2, 0) is 0 Å². The summed E-state index contributed by atoms with van der Waals surface area (Å²) in [6, 6.07) is 16.6. The Labute approximate surface area is 191 Å². The molecule has 1 amide bonds. The highest BCUT2D eigenvalue weighted by Gasteiger charge is 2.16. The van der Waals surface area contributed by atoms with Crippen molar-refractivity contribution in [2.45, 2.75) is 20.8 Å². The number of aromatic nitrogens is 2. The highest BCUT2D eigenvalue weighted by atomic mass is 35.5. The predicted molar refractivity (Wildman–Crippen MR) is 128 cm³/mol. The second-order valence-electron chi connectivity index (χ2n) is 7.24. The fourth-order valence-corrected chi connectivity index (χ4v) is 3.74. The average Bonchev–Trinajstić information content (AvgIpc) is 3.21. The molecule has 6 nitrogen and oxygen atoms in total. The number of aryl methyl sites for hydroxylation is 1. The summed E-state index contributed by atoms with van der Waals surface area (Å²) < 4.78 is 11.4. The first-order chi connectivity index (χ1) is 15.5. The van der Waals surface area contributed by atoms with E-state index < -0.39 is 0 Å². The summed E-state index contributed by atoms with van der Waals surface area (Å²) in [5.74, 6) is 1.60. The minimum absolute atomic E-state index is 0.255. The number of nitrogens with one attached hydrogen (secondary N) is 2. The van der Waals surface area contributed by atoms with Gasteiger partial charge in [0.05, 0.1) is 29.3 Å². The van der Waals surface area contributed by atoms with Crippen LogP contribution in [-0.4, -0.2) is 29.1 Å². The number of nitrogens with zero attached hydrogens (tertiary/aromatic N) is 1. The number of aromatic amines is 1. The number of hydrogen-bond donors (Lipinski definition) is 2. The smallest absolute Gasteiger partial charge is 0.255 e. The molecule has 0 saturated heterocycles. The van der Waals surface area contributed by atoms with Crippen LogP contribution >= 0.6 is 11.6 Å². The van der Waals surface area contributed by atoms with E-state index in [-0.39, 0.29) is 5.91 Å². The fraction of sp³-hybridized carbons (Fsp3) is 0.200. The van der Waals surface area contributed by atoms with Crippen molar-refractivity contribution in [2.24, 2.45) is 0 Å². The van der Waals surface area contributed by atoms with Crippen LogP contribution in [0.25, 0.3) is 22.4 Å². The Morgan fingerprint density at radius 3 is 2.59 bits per heavy atom. The fourth-order valence-electron chi connectivity index (χ4n) is 3.53. The zero-order valence-corrected chi connectivity index (χ0v) is 18.9. The maximum Gasteiger partial charge on any atom is 0.255 e. The largest absolute Gasteiger partial charge is 0.490 e. The Balaban J connectivity index is 1.63. The van der Waals surface area contributed by atoms with Crippen LogP contribution in [0.2, 0.25) is 5.02 Å². The number of amides is 1. The molecule has 164 valence electrons. The first-order valence-electron chi connectivity index (χ1n) is 10.5. The van der Waals surface area contributed by atoms with E-state index in [1.54, 1.807) is 24.3 Å². The molecule has 0 aliphatic heterocycles. The summed E-state index contributed by atoms with van der Waals surface area (Å²) in [5.41, 5.74) is 4.40. The van der Waals surface area contributed by atoms with E-state index >= 15 is 0 Å².